The Hall–Kier alpha value is -2.91. The molecule has 0 aromatic heterocycles. The van der Waals surface area contributed by atoms with Gasteiger partial charge in [0.2, 0.25) is 6.79 Å². The number of hydrogen-bond donors (Lipinski definition) is 0. The number of amides is 1. The second-order valence-corrected chi connectivity index (χ2v) is 8.43. The average Bonchev–Trinajstić information content (AvgIpc) is 3.62. The highest BCUT2D eigenvalue weighted by Gasteiger charge is 2.60. The minimum atomic E-state index is -5.85. The van der Waals surface area contributed by atoms with Crippen LogP contribution in [0.5, 0.6) is 5.75 Å². The van der Waals surface area contributed by atoms with Gasteiger partial charge in [-0.25, -0.2) is 4.79 Å². The van der Waals surface area contributed by atoms with Gasteiger partial charge < -0.3 is 19.1 Å². The molecule has 0 spiro atoms. The molecular formula is C21H21F9N2O5. The van der Waals surface area contributed by atoms with E-state index in [0.717, 1.165) is 18.2 Å². The highest BCUT2D eigenvalue weighted by molar-refractivity contribution is 5.74. The molecule has 1 aliphatic heterocycles. The van der Waals surface area contributed by atoms with Crippen molar-refractivity contribution in [2.24, 2.45) is 5.92 Å². The standard InChI is InChI=1S/C21H21F9N2O5/c22-19(23,24)14-4-3-13(15(9-14)35-11-36-16(33)12-1-2-12)10-31-5-7-32(8-6-31)18(34)37-17(20(25,26)27)21(28,29)30/h3-4,9,12,17H,1-2,5-8,10-11H2. The van der Waals surface area contributed by atoms with E-state index in [1.807, 2.05) is 0 Å². The summed E-state index contributed by atoms with van der Waals surface area (Å²) in [6.45, 7) is -1.30. The number of halogens is 9. The van der Waals surface area contributed by atoms with E-state index < -0.39 is 49.1 Å². The number of alkyl halides is 9. The Morgan fingerprint density at radius 1 is 0.919 bits per heavy atom. The number of carbonyl (C=O) groups is 2. The Labute approximate surface area is 204 Å². The molecule has 1 aliphatic carbocycles. The third-order valence-corrected chi connectivity index (χ3v) is 5.56. The van der Waals surface area contributed by atoms with Crippen molar-refractivity contribution in [1.29, 1.82) is 0 Å². The molecule has 1 saturated carbocycles. The summed E-state index contributed by atoms with van der Waals surface area (Å²) in [6, 6.07) is 2.67. The predicted molar refractivity (Wildman–Crippen MR) is 105 cm³/mol. The largest absolute Gasteiger partial charge is 0.457 e. The Balaban J connectivity index is 1.60. The van der Waals surface area contributed by atoms with Crippen LogP contribution in [0.25, 0.3) is 0 Å². The zero-order valence-corrected chi connectivity index (χ0v) is 18.9. The number of hydrogen-bond acceptors (Lipinski definition) is 6. The van der Waals surface area contributed by atoms with Crippen LogP contribution >= 0.6 is 0 Å². The zero-order valence-electron chi connectivity index (χ0n) is 18.9. The van der Waals surface area contributed by atoms with E-state index in [0.29, 0.717) is 17.7 Å². The summed E-state index contributed by atoms with van der Waals surface area (Å²) < 4.78 is 129. The summed E-state index contributed by atoms with van der Waals surface area (Å²) in [5, 5.41) is 0. The molecule has 208 valence electrons. The van der Waals surface area contributed by atoms with Gasteiger partial charge in [-0.15, -0.1) is 0 Å². The summed E-state index contributed by atoms with van der Waals surface area (Å²) in [5.74, 6) is -1.01. The van der Waals surface area contributed by atoms with Gasteiger partial charge in [-0.3, -0.25) is 9.69 Å². The monoisotopic (exact) mass is 552 g/mol. The topological polar surface area (TPSA) is 68.3 Å². The Kier molecular flexibility index (Phi) is 8.39. The number of piperazine rings is 1. The lowest BCUT2D eigenvalue weighted by atomic mass is 10.1. The molecule has 2 aliphatic rings. The Morgan fingerprint density at radius 3 is 2.03 bits per heavy atom. The molecule has 0 unspecified atom stereocenters. The van der Waals surface area contributed by atoms with Gasteiger partial charge in [-0.05, 0) is 25.0 Å². The fraction of sp³-hybridized carbons (Fsp3) is 0.619. The molecule has 0 atom stereocenters. The third kappa shape index (κ3) is 8.04. The first-order valence-electron chi connectivity index (χ1n) is 10.9. The summed E-state index contributed by atoms with van der Waals surface area (Å²) in [6.07, 6.45) is -21.1. The van der Waals surface area contributed by atoms with Gasteiger partial charge in [0.05, 0.1) is 11.5 Å². The second kappa shape index (κ2) is 10.8. The molecule has 16 heteroatoms. The molecule has 1 aromatic carbocycles. The van der Waals surface area contributed by atoms with Crippen molar-refractivity contribution in [3.63, 3.8) is 0 Å². The van der Waals surface area contributed by atoms with Gasteiger partial charge >= 0.3 is 30.6 Å². The van der Waals surface area contributed by atoms with Gasteiger partial charge in [0.1, 0.15) is 5.75 Å². The summed E-state index contributed by atoms with van der Waals surface area (Å²) >= 11 is 0. The maximum absolute atomic E-state index is 13.1. The van der Waals surface area contributed by atoms with E-state index in [2.05, 4.69) is 4.74 Å². The maximum Gasteiger partial charge on any atom is 0.434 e. The summed E-state index contributed by atoms with van der Waals surface area (Å²) in [4.78, 5) is 25.8. The molecule has 2 fully saturated rings. The van der Waals surface area contributed by atoms with Gasteiger partial charge in [-0.2, -0.15) is 39.5 Å². The van der Waals surface area contributed by atoms with Gasteiger partial charge in [0.25, 0.3) is 6.10 Å². The third-order valence-electron chi connectivity index (χ3n) is 5.56. The highest BCUT2D eigenvalue weighted by Crippen LogP contribution is 2.37. The van der Waals surface area contributed by atoms with Crippen LogP contribution in [0.4, 0.5) is 44.3 Å². The van der Waals surface area contributed by atoms with Crippen molar-refractivity contribution >= 4 is 12.1 Å². The minimum absolute atomic E-state index is 0.0271. The lowest BCUT2D eigenvalue weighted by Crippen LogP contribution is -2.52. The Morgan fingerprint density at radius 2 is 1.51 bits per heavy atom. The average molecular weight is 552 g/mol. The molecular weight excluding hydrogens is 531 g/mol. The van der Waals surface area contributed by atoms with Crippen LogP contribution in [-0.2, 0) is 27.0 Å². The van der Waals surface area contributed by atoms with Crippen LogP contribution in [0, 0.1) is 5.92 Å². The van der Waals surface area contributed by atoms with Crippen molar-refractivity contribution in [2.45, 2.75) is 44.0 Å². The van der Waals surface area contributed by atoms with Crippen molar-refractivity contribution in [3.05, 3.63) is 29.3 Å². The van der Waals surface area contributed by atoms with E-state index in [1.54, 1.807) is 4.90 Å². The van der Waals surface area contributed by atoms with Gasteiger partial charge in [0.15, 0.2) is 0 Å². The SMILES string of the molecule is O=C(OCOc1cc(C(F)(F)F)ccc1CN1CCN(C(=O)OC(C(F)(F)F)C(F)(F)F)CC1)C1CC1. The zero-order chi connectivity index (χ0) is 27.6. The fourth-order valence-electron chi connectivity index (χ4n) is 3.41. The molecule has 37 heavy (non-hydrogen) atoms. The Bertz CT molecular complexity index is 955. The van der Waals surface area contributed by atoms with Crippen molar-refractivity contribution in [2.75, 3.05) is 33.0 Å². The number of nitrogens with zero attached hydrogens (tertiary/aromatic N) is 2. The quantitative estimate of drug-likeness (QED) is 0.277. The van der Waals surface area contributed by atoms with E-state index in [9.17, 15) is 49.1 Å². The van der Waals surface area contributed by atoms with Crippen molar-refractivity contribution in [3.8, 4) is 5.75 Å². The van der Waals surface area contributed by atoms with E-state index in [-0.39, 0.29) is 50.0 Å². The van der Waals surface area contributed by atoms with E-state index in [4.69, 9.17) is 9.47 Å². The number of rotatable bonds is 7. The number of carbonyl (C=O) groups excluding carboxylic acids is 2. The second-order valence-electron chi connectivity index (χ2n) is 8.43. The van der Waals surface area contributed by atoms with Crippen LogP contribution in [0.1, 0.15) is 24.0 Å². The molecule has 0 radical (unpaired) electrons. The summed E-state index contributed by atoms with van der Waals surface area (Å²) in [7, 11) is 0. The van der Waals surface area contributed by atoms with Crippen LogP contribution in [0.2, 0.25) is 0 Å². The molecule has 1 saturated heterocycles. The molecule has 3 rings (SSSR count). The molecule has 1 heterocycles. The van der Waals surface area contributed by atoms with Crippen molar-refractivity contribution < 1.29 is 63.3 Å². The number of benzene rings is 1. The van der Waals surface area contributed by atoms with E-state index in [1.165, 1.54) is 0 Å². The molecule has 1 amide bonds. The van der Waals surface area contributed by atoms with Gasteiger partial charge in [-0.1, -0.05) is 6.07 Å². The van der Waals surface area contributed by atoms with Crippen molar-refractivity contribution in [1.82, 2.24) is 9.80 Å². The molecule has 0 N–H and O–H groups in total. The smallest absolute Gasteiger partial charge is 0.434 e. The first kappa shape index (κ1) is 28.7. The first-order valence-corrected chi connectivity index (χ1v) is 10.9. The molecule has 1 aromatic rings. The van der Waals surface area contributed by atoms with Crippen LogP contribution < -0.4 is 4.74 Å². The summed E-state index contributed by atoms with van der Waals surface area (Å²) in [5.41, 5.74) is -0.767. The number of ether oxygens (including phenoxy) is 3. The van der Waals surface area contributed by atoms with Crippen LogP contribution in [-0.4, -0.2) is 73.3 Å². The van der Waals surface area contributed by atoms with Crippen LogP contribution in [0.3, 0.4) is 0 Å². The maximum atomic E-state index is 13.1. The lowest BCUT2D eigenvalue weighted by Gasteiger charge is -2.35. The lowest BCUT2D eigenvalue weighted by molar-refractivity contribution is -0.308. The number of esters is 1. The van der Waals surface area contributed by atoms with Gasteiger partial charge in [0, 0.05) is 38.3 Å². The minimum Gasteiger partial charge on any atom is -0.457 e. The fourth-order valence-corrected chi connectivity index (χ4v) is 3.41. The normalized spacial score (nSPS) is 17.6. The molecule has 0 bridgehead atoms. The molecule has 7 nitrogen and oxygen atoms in total. The van der Waals surface area contributed by atoms with Crippen LogP contribution in [0.15, 0.2) is 18.2 Å². The predicted octanol–water partition coefficient (Wildman–Crippen LogP) is 4.74. The highest BCUT2D eigenvalue weighted by atomic mass is 19.4. The first-order chi connectivity index (χ1) is 17.1. The van der Waals surface area contributed by atoms with E-state index >= 15 is 0 Å².